The minimum absolute atomic E-state index is 0.289. The van der Waals surface area contributed by atoms with Crippen LogP contribution in [0.2, 0.25) is 0 Å². The molecule has 0 aromatic carbocycles. The highest BCUT2D eigenvalue weighted by molar-refractivity contribution is 7.98. The van der Waals surface area contributed by atoms with Gasteiger partial charge in [0.1, 0.15) is 6.04 Å². The molecule has 0 bridgehead atoms. The van der Waals surface area contributed by atoms with Gasteiger partial charge in [-0.3, -0.25) is 4.79 Å². The van der Waals surface area contributed by atoms with E-state index in [1.54, 1.807) is 11.8 Å². The molecule has 0 spiro atoms. The third-order valence-corrected chi connectivity index (χ3v) is 2.99. The van der Waals surface area contributed by atoms with Crippen LogP contribution in [0.4, 0.5) is 0 Å². The Morgan fingerprint density at radius 2 is 2.06 bits per heavy atom. The van der Waals surface area contributed by atoms with Gasteiger partial charge in [0.2, 0.25) is 5.91 Å². The Balaban J connectivity index is 4.31. The highest BCUT2D eigenvalue weighted by atomic mass is 32.2. The van der Waals surface area contributed by atoms with E-state index in [0.29, 0.717) is 12.8 Å². The number of carbonyl (C=O) groups excluding carboxylic acids is 2. The fourth-order valence-corrected chi connectivity index (χ4v) is 1.82. The average Bonchev–Trinajstić information content (AvgIpc) is 2.33. The van der Waals surface area contributed by atoms with E-state index in [4.69, 9.17) is 5.73 Å². The first-order chi connectivity index (χ1) is 8.06. The largest absolute Gasteiger partial charge is 0.467 e. The Morgan fingerprint density at radius 3 is 2.53 bits per heavy atom. The first kappa shape index (κ1) is 16.2. The molecular weight excluding hydrogens is 240 g/mol. The first-order valence-electron chi connectivity index (χ1n) is 5.69. The third kappa shape index (κ3) is 6.53. The number of methoxy groups -OCH3 is 1. The maximum absolute atomic E-state index is 11.7. The van der Waals surface area contributed by atoms with Crippen LogP contribution in [0.15, 0.2) is 0 Å². The molecule has 5 nitrogen and oxygen atoms in total. The van der Waals surface area contributed by atoms with Crippen LogP contribution in [0, 0.1) is 0 Å². The summed E-state index contributed by atoms with van der Waals surface area (Å²) in [5, 5.41) is 2.64. The molecule has 0 heterocycles. The molecule has 0 fully saturated rings. The van der Waals surface area contributed by atoms with Gasteiger partial charge in [0.05, 0.1) is 13.2 Å². The van der Waals surface area contributed by atoms with E-state index in [1.165, 1.54) is 7.11 Å². The van der Waals surface area contributed by atoms with Crippen molar-refractivity contribution >= 4 is 23.6 Å². The van der Waals surface area contributed by atoms with Crippen LogP contribution in [0.5, 0.6) is 0 Å². The van der Waals surface area contributed by atoms with Crippen LogP contribution in [-0.4, -0.2) is 43.1 Å². The monoisotopic (exact) mass is 262 g/mol. The molecule has 0 radical (unpaired) electrons. The summed E-state index contributed by atoms with van der Waals surface area (Å²) in [5.41, 5.74) is 5.68. The predicted molar refractivity (Wildman–Crippen MR) is 69.8 cm³/mol. The molecule has 0 unspecified atom stereocenters. The number of thioether (sulfide) groups is 1. The van der Waals surface area contributed by atoms with Gasteiger partial charge < -0.3 is 15.8 Å². The van der Waals surface area contributed by atoms with Crippen molar-refractivity contribution in [3.05, 3.63) is 0 Å². The standard InChI is InChI=1S/C11H22N2O3S/c1-4-5-8(12)10(14)13-9(6-7-17-3)11(15)16-2/h8-9H,4-7,12H2,1-3H3,(H,13,14)/t8-,9-/m0/s1. The van der Waals surface area contributed by atoms with Crippen molar-refractivity contribution < 1.29 is 14.3 Å². The molecule has 6 heteroatoms. The lowest BCUT2D eigenvalue weighted by atomic mass is 10.1. The third-order valence-electron chi connectivity index (χ3n) is 2.35. The SMILES string of the molecule is CCC[C@H](N)C(=O)N[C@@H](CCSC)C(=O)OC. The average molecular weight is 262 g/mol. The molecule has 2 atom stereocenters. The van der Waals surface area contributed by atoms with Gasteiger partial charge in [-0.2, -0.15) is 11.8 Å². The smallest absolute Gasteiger partial charge is 0.328 e. The number of esters is 1. The summed E-state index contributed by atoms with van der Waals surface area (Å²) in [7, 11) is 1.31. The van der Waals surface area contributed by atoms with E-state index < -0.39 is 18.1 Å². The lowest BCUT2D eigenvalue weighted by Gasteiger charge is -2.18. The molecule has 1 amide bonds. The fourth-order valence-electron chi connectivity index (χ4n) is 1.35. The summed E-state index contributed by atoms with van der Waals surface area (Å²) in [4.78, 5) is 23.1. The van der Waals surface area contributed by atoms with Gasteiger partial charge >= 0.3 is 5.97 Å². The van der Waals surface area contributed by atoms with Crippen molar-refractivity contribution in [3.63, 3.8) is 0 Å². The van der Waals surface area contributed by atoms with Crippen LogP contribution in [0.1, 0.15) is 26.2 Å². The Bertz CT molecular complexity index is 249. The molecule has 0 aliphatic heterocycles. The topological polar surface area (TPSA) is 81.4 Å². The van der Waals surface area contributed by atoms with E-state index in [9.17, 15) is 9.59 Å². The molecule has 0 saturated heterocycles. The quantitative estimate of drug-likeness (QED) is 0.623. The normalized spacial score (nSPS) is 13.9. The number of ether oxygens (including phenoxy) is 1. The number of amides is 1. The molecule has 0 aliphatic rings. The van der Waals surface area contributed by atoms with Crippen LogP contribution in [0.25, 0.3) is 0 Å². The second kappa shape index (κ2) is 9.30. The van der Waals surface area contributed by atoms with Crippen molar-refractivity contribution in [2.45, 2.75) is 38.3 Å². The van der Waals surface area contributed by atoms with Crippen molar-refractivity contribution in [1.29, 1.82) is 0 Å². The summed E-state index contributed by atoms with van der Waals surface area (Å²) < 4.78 is 4.65. The number of rotatable bonds is 8. The summed E-state index contributed by atoms with van der Waals surface area (Å²) in [6.45, 7) is 1.96. The second-order valence-electron chi connectivity index (χ2n) is 3.76. The zero-order valence-corrected chi connectivity index (χ0v) is 11.5. The summed E-state index contributed by atoms with van der Waals surface area (Å²) in [6, 6.07) is -1.15. The van der Waals surface area contributed by atoms with Crippen molar-refractivity contribution in [2.24, 2.45) is 5.73 Å². The van der Waals surface area contributed by atoms with Crippen LogP contribution in [0.3, 0.4) is 0 Å². The summed E-state index contributed by atoms with van der Waals surface area (Å²) in [5.74, 6) is 0.0720. The fraction of sp³-hybridized carbons (Fsp3) is 0.818. The molecular formula is C11H22N2O3S. The minimum Gasteiger partial charge on any atom is -0.467 e. The minimum atomic E-state index is -0.595. The maximum Gasteiger partial charge on any atom is 0.328 e. The van der Waals surface area contributed by atoms with Crippen molar-refractivity contribution in [1.82, 2.24) is 5.32 Å². The van der Waals surface area contributed by atoms with Gasteiger partial charge in [0, 0.05) is 0 Å². The van der Waals surface area contributed by atoms with E-state index in [0.717, 1.165) is 12.2 Å². The molecule has 0 aliphatic carbocycles. The highest BCUT2D eigenvalue weighted by Crippen LogP contribution is 2.03. The number of hydrogen-bond acceptors (Lipinski definition) is 5. The second-order valence-corrected chi connectivity index (χ2v) is 4.75. The predicted octanol–water partition coefficient (Wildman–Crippen LogP) is 0.525. The van der Waals surface area contributed by atoms with E-state index in [1.807, 2.05) is 13.2 Å². The van der Waals surface area contributed by atoms with Gasteiger partial charge in [-0.15, -0.1) is 0 Å². The van der Waals surface area contributed by atoms with Crippen molar-refractivity contribution in [3.8, 4) is 0 Å². The molecule has 3 N–H and O–H groups in total. The number of nitrogens with two attached hydrogens (primary N) is 1. The molecule has 100 valence electrons. The lowest BCUT2D eigenvalue weighted by molar-refractivity contribution is -0.145. The zero-order chi connectivity index (χ0) is 13.3. The maximum atomic E-state index is 11.7. The van der Waals surface area contributed by atoms with Crippen molar-refractivity contribution in [2.75, 3.05) is 19.1 Å². The van der Waals surface area contributed by atoms with Gasteiger partial charge in [-0.25, -0.2) is 4.79 Å². The van der Waals surface area contributed by atoms with E-state index in [2.05, 4.69) is 10.1 Å². The number of hydrogen-bond donors (Lipinski definition) is 2. The summed E-state index contributed by atoms with van der Waals surface area (Å²) >= 11 is 1.61. The van der Waals surface area contributed by atoms with E-state index in [-0.39, 0.29) is 5.91 Å². The van der Waals surface area contributed by atoms with Crippen LogP contribution < -0.4 is 11.1 Å². The molecule has 17 heavy (non-hydrogen) atoms. The van der Waals surface area contributed by atoms with Gasteiger partial charge in [-0.05, 0) is 24.9 Å². The van der Waals surface area contributed by atoms with Gasteiger partial charge in [0.25, 0.3) is 0 Å². The molecule has 0 saturated carbocycles. The Labute approximate surface area is 107 Å². The highest BCUT2D eigenvalue weighted by Gasteiger charge is 2.23. The van der Waals surface area contributed by atoms with Gasteiger partial charge in [0.15, 0.2) is 0 Å². The first-order valence-corrected chi connectivity index (χ1v) is 7.08. The van der Waals surface area contributed by atoms with Gasteiger partial charge in [-0.1, -0.05) is 13.3 Å². The summed E-state index contributed by atoms with van der Waals surface area (Å²) in [6.07, 6.45) is 3.95. The molecule has 0 aromatic rings. The Morgan fingerprint density at radius 1 is 1.41 bits per heavy atom. The number of nitrogens with one attached hydrogen (secondary N) is 1. The molecule has 0 aromatic heterocycles. The number of carbonyl (C=O) groups is 2. The van der Waals surface area contributed by atoms with Crippen LogP contribution in [-0.2, 0) is 14.3 Å². The van der Waals surface area contributed by atoms with Crippen LogP contribution >= 0.6 is 11.8 Å². The Kier molecular flexibility index (Phi) is 8.89. The van der Waals surface area contributed by atoms with E-state index >= 15 is 0 Å². The lowest BCUT2D eigenvalue weighted by Crippen LogP contribution is -2.48. The Hall–Kier alpha value is -0.750. The zero-order valence-electron chi connectivity index (χ0n) is 10.7. The molecule has 0 rings (SSSR count).